The maximum Gasteiger partial charge on any atom is 0.228 e. The molecule has 0 saturated carbocycles. The molecule has 3 nitrogen and oxygen atoms in total. The zero-order chi connectivity index (χ0) is 11.6. The van der Waals surface area contributed by atoms with E-state index in [0.717, 1.165) is 0 Å². The van der Waals surface area contributed by atoms with Crippen molar-refractivity contribution in [2.24, 2.45) is 0 Å². The summed E-state index contributed by atoms with van der Waals surface area (Å²) < 4.78 is 26.8. The number of benzene rings is 1. The third kappa shape index (κ3) is 3.00. The first-order valence-electron chi connectivity index (χ1n) is 4.06. The van der Waals surface area contributed by atoms with E-state index >= 15 is 0 Å². The van der Waals surface area contributed by atoms with Crippen LogP contribution in [0.5, 0.6) is 0 Å². The van der Waals surface area contributed by atoms with E-state index in [1.807, 2.05) is 0 Å². The van der Waals surface area contributed by atoms with Gasteiger partial charge in [-0.15, -0.1) is 0 Å². The van der Waals surface area contributed by atoms with E-state index < -0.39 is 22.7 Å². The summed E-state index contributed by atoms with van der Waals surface area (Å²) in [7, 11) is -1.90. The summed E-state index contributed by atoms with van der Waals surface area (Å²) in [5, 5.41) is 0.310. The van der Waals surface area contributed by atoms with Crippen LogP contribution in [0.25, 0.3) is 0 Å². The van der Waals surface area contributed by atoms with Crippen LogP contribution in [0, 0.1) is 12.7 Å². The topological polar surface area (TPSA) is 46.2 Å². The van der Waals surface area contributed by atoms with E-state index in [9.17, 15) is 13.4 Å². The standard InChI is InChI=1S/C9H9ClFNO2S/c1-5-3-8(11)9(4-7(5)10)15(14)12-6(2)13/h3-4H,1-2H3,(H,12,13). The van der Waals surface area contributed by atoms with E-state index in [2.05, 4.69) is 4.72 Å². The van der Waals surface area contributed by atoms with Crippen LogP contribution >= 0.6 is 11.6 Å². The molecule has 1 unspecified atom stereocenters. The lowest BCUT2D eigenvalue weighted by molar-refractivity contribution is -0.117. The molecule has 1 aromatic rings. The molecule has 1 atom stereocenters. The van der Waals surface area contributed by atoms with Gasteiger partial charge in [-0.1, -0.05) is 11.6 Å². The number of hydrogen-bond donors (Lipinski definition) is 1. The van der Waals surface area contributed by atoms with Gasteiger partial charge in [0.15, 0.2) is 11.0 Å². The van der Waals surface area contributed by atoms with Gasteiger partial charge in [-0.25, -0.2) is 8.60 Å². The molecule has 0 aromatic heterocycles. The van der Waals surface area contributed by atoms with Crippen molar-refractivity contribution in [3.8, 4) is 0 Å². The van der Waals surface area contributed by atoms with Gasteiger partial charge in [0.1, 0.15) is 5.82 Å². The monoisotopic (exact) mass is 249 g/mol. The minimum atomic E-state index is -1.90. The normalized spacial score (nSPS) is 12.3. The fourth-order valence-corrected chi connectivity index (χ4v) is 2.02. The van der Waals surface area contributed by atoms with Crippen molar-refractivity contribution in [2.75, 3.05) is 0 Å². The molecular formula is C9H9ClFNO2S. The molecule has 0 fully saturated rings. The number of carbonyl (C=O) groups is 1. The fourth-order valence-electron chi connectivity index (χ4n) is 0.956. The van der Waals surface area contributed by atoms with Gasteiger partial charge in [-0.3, -0.25) is 9.52 Å². The molecule has 0 aliphatic carbocycles. The van der Waals surface area contributed by atoms with Crippen molar-refractivity contribution in [1.29, 1.82) is 0 Å². The second kappa shape index (κ2) is 4.72. The van der Waals surface area contributed by atoms with Crippen LogP contribution in [0.2, 0.25) is 5.02 Å². The van der Waals surface area contributed by atoms with Crippen molar-refractivity contribution < 1.29 is 13.4 Å². The summed E-state index contributed by atoms with van der Waals surface area (Å²) in [6.07, 6.45) is 0. The number of carbonyl (C=O) groups excluding carboxylic acids is 1. The molecule has 15 heavy (non-hydrogen) atoms. The van der Waals surface area contributed by atoms with Gasteiger partial charge in [-0.2, -0.15) is 0 Å². The van der Waals surface area contributed by atoms with Gasteiger partial charge >= 0.3 is 0 Å². The predicted molar refractivity (Wildman–Crippen MR) is 56.4 cm³/mol. The Balaban J connectivity index is 3.09. The highest BCUT2D eigenvalue weighted by Crippen LogP contribution is 2.21. The maximum atomic E-state index is 13.3. The first-order chi connectivity index (χ1) is 6.91. The summed E-state index contributed by atoms with van der Waals surface area (Å²) in [5.74, 6) is -1.14. The summed E-state index contributed by atoms with van der Waals surface area (Å²) in [6, 6.07) is 2.43. The Bertz CT molecular complexity index is 436. The summed E-state index contributed by atoms with van der Waals surface area (Å²) in [4.78, 5) is 10.5. The molecule has 0 spiro atoms. The van der Waals surface area contributed by atoms with Crippen LogP contribution < -0.4 is 4.72 Å². The second-order valence-corrected chi connectivity index (χ2v) is 4.55. The van der Waals surface area contributed by atoms with E-state index in [1.54, 1.807) is 6.92 Å². The molecule has 82 valence electrons. The van der Waals surface area contributed by atoms with Gasteiger partial charge in [0.2, 0.25) is 5.91 Å². The number of hydrogen-bond acceptors (Lipinski definition) is 2. The second-order valence-electron chi connectivity index (χ2n) is 2.96. The number of halogens is 2. The lowest BCUT2D eigenvalue weighted by atomic mass is 10.2. The van der Waals surface area contributed by atoms with Crippen LogP contribution in [0.1, 0.15) is 12.5 Å². The summed E-state index contributed by atoms with van der Waals surface area (Å²) in [5.41, 5.74) is 0.553. The first kappa shape index (κ1) is 12.1. The maximum absolute atomic E-state index is 13.3. The minimum absolute atomic E-state index is 0.124. The van der Waals surface area contributed by atoms with Crippen LogP contribution in [-0.4, -0.2) is 10.1 Å². The van der Waals surface area contributed by atoms with Crippen molar-refractivity contribution in [3.05, 3.63) is 28.5 Å². The highest BCUT2D eigenvalue weighted by Gasteiger charge is 2.13. The average Bonchev–Trinajstić information content (AvgIpc) is 2.09. The van der Waals surface area contributed by atoms with Gasteiger partial charge in [0.25, 0.3) is 0 Å². The Hall–Kier alpha value is -0.940. The van der Waals surface area contributed by atoms with Crippen molar-refractivity contribution in [3.63, 3.8) is 0 Å². The smallest absolute Gasteiger partial charge is 0.228 e. The first-order valence-corrected chi connectivity index (χ1v) is 5.59. The number of aryl methyl sites for hydroxylation is 1. The fraction of sp³-hybridized carbons (Fsp3) is 0.222. The Morgan fingerprint density at radius 3 is 2.67 bits per heavy atom. The molecule has 0 aliphatic heterocycles. The molecule has 0 saturated heterocycles. The molecule has 0 bridgehead atoms. The average molecular weight is 250 g/mol. The van der Waals surface area contributed by atoms with Crippen molar-refractivity contribution >= 4 is 28.5 Å². The number of amides is 1. The highest BCUT2D eigenvalue weighted by molar-refractivity contribution is 7.83. The quantitative estimate of drug-likeness (QED) is 0.871. The summed E-state index contributed by atoms with van der Waals surface area (Å²) >= 11 is 5.75. The number of nitrogens with one attached hydrogen (secondary N) is 1. The van der Waals surface area contributed by atoms with Gasteiger partial charge in [0.05, 0.1) is 4.90 Å². The SMILES string of the molecule is CC(=O)NS(=O)c1cc(Cl)c(C)cc1F. The molecular weight excluding hydrogens is 241 g/mol. The zero-order valence-corrected chi connectivity index (χ0v) is 9.71. The van der Waals surface area contributed by atoms with E-state index in [0.29, 0.717) is 10.6 Å². The third-order valence-corrected chi connectivity index (χ3v) is 3.24. The van der Waals surface area contributed by atoms with E-state index in [-0.39, 0.29) is 4.90 Å². The van der Waals surface area contributed by atoms with E-state index in [4.69, 9.17) is 11.6 Å². The van der Waals surface area contributed by atoms with E-state index in [1.165, 1.54) is 19.1 Å². The highest BCUT2D eigenvalue weighted by atomic mass is 35.5. The Labute approximate surface area is 94.2 Å². The molecule has 1 N–H and O–H groups in total. The zero-order valence-electron chi connectivity index (χ0n) is 8.14. The molecule has 0 aliphatic rings. The van der Waals surface area contributed by atoms with Gasteiger partial charge in [0, 0.05) is 11.9 Å². The Morgan fingerprint density at radius 1 is 1.53 bits per heavy atom. The lowest BCUT2D eigenvalue weighted by Crippen LogP contribution is -2.23. The molecule has 0 radical (unpaired) electrons. The number of rotatable bonds is 2. The van der Waals surface area contributed by atoms with Crippen molar-refractivity contribution in [2.45, 2.75) is 18.7 Å². The largest absolute Gasteiger partial charge is 0.274 e. The lowest BCUT2D eigenvalue weighted by Gasteiger charge is -2.05. The van der Waals surface area contributed by atoms with Gasteiger partial charge < -0.3 is 0 Å². The van der Waals surface area contributed by atoms with Crippen LogP contribution in [0.4, 0.5) is 4.39 Å². The molecule has 0 heterocycles. The molecule has 1 aromatic carbocycles. The third-order valence-electron chi connectivity index (χ3n) is 1.65. The molecule has 1 amide bonds. The summed E-state index contributed by atoms with van der Waals surface area (Å²) in [6.45, 7) is 2.84. The van der Waals surface area contributed by atoms with Crippen LogP contribution in [0.15, 0.2) is 17.0 Å². The molecule has 1 rings (SSSR count). The predicted octanol–water partition coefficient (Wildman–Crippen LogP) is 1.95. The van der Waals surface area contributed by atoms with Crippen molar-refractivity contribution in [1.82, 2.24) is 4.72 Å². The Kier molecular flexibility index (Phi) is 3.82. The minimum Gasteiger partial charge on any atom is -0.274 e. The van der Waals surface area contributed by atoms with Gasteiger partial charge in [-0.05, 0) is 24.6 Å². The van der Waals surface area contributed by atoms with Crippen LogP contribution in [0.3, 0.4) is 0 Å². The Morgan fingerprint density at radius 2 is 2.13 bits per heavy atom. The van der Waals surface area contributed by atoms with Crippen LogP contribution in [-0.2, 0) is 15.8 Å². The molecule has 6 heteroatoms.